The number of nitrogens with one attached hydrogen (secondary N) is 3. The summed E-state index contributed by atoms with van der Waals surface area (Å²) in [6, 6.07) is 9.37. The van der Waals surface area contributed by atoms with E-state index in [4.69, 9.17) is 0 Å². The highest BCUT2D eigenvalue weighted by Crippen LogP contribution is 2.25. The molecule has 0 radical (unpaired) electrons. The molecular formula is C19H23BrN4O3S. The second-order valence-electron chi connectivity index (χ2n) is 6.78. The summed E-state index contributed by atoms with van der Waals surface area (Å²) in [5, 5.41) is 5.41. The summed E-state index contributed by atoms with van der Waals surface area (Å²) in [5.41, 5.74) is 1.40. The number of alkyl halides is 1. The van der Waals surface area contributed by atoms with Gasteiger partial charge in [0.2, 0.25) is 10.0 Å². The fraction of sp³-hybridized carbons (Fsp3) is 0.368. The van der Waals surface area contributed by atoms with Gasteiger partial charge in [0.25, 0.3) is 0 Å². The Bertz CT molecular complexity index is 891. The summed E-state index contributed by atoms with van der Waals surface area (Å²) in [6.07, 6.45) is 7.05. The Hall–Kier alpha value is -1.97. The van der Waals surface area contributed by atoms with Crippen molar-refractivity contribution in [1.82, 2.24) is 15.0 Å². The zero-order valence-electron chi connectivity index (χ0n) is 15.3. The predicted molar refractivity (Wildman–Crippen MR) is 112 cm³/mol. The van der Waals surface area contributed by atoms with Crippen LogP contribution in [-0.2, 0) is 16.6 Å². The quantitative estimate of drug-likeness (QED) is 0.567. The van der Waals surface area contributed by atoms with E-state index in [1.807, 2.05) is 6.07 Å². The summed E-state index contributed by atoms with van der Waals surface area (Å²) < 4.78 is 27.9. The van der Waals surface area contributed by atoms with E-state index in [2.05, 4.69) is 36.3 Å². The first-order valence-corrected chi connectivity index (χ1v) is 11.5. The van der Waals surface area contributed by atoms with Gasteiger partial charge in [-0.05, 0) is 55.2 Å². The third-order valence-corrected chi connectivity index (χ3v) is 6.90. The van der Waals surface area contributed by atoms with Crippen LogP contribution >= 0.6 is 15.9 Å². The van der Waals surface area contributed by atoms with Crippen LogP contribution in [0.4, 0.5) is 10.5 Å². The molecule has 3 N–H and O–H groups in total. The second kappa shape index (κ2) is 9.49. The Kier molecular flexibility index (Phi) is 7.03. The highest BCUT2D eigenvalue weighted by Gasteiger charge is 2.25. The Labute approximate surface area is 173 Å². The molecule has 0 aliphatic heterocycles. The van der Waals surface area contributed by atoms with E-state index in [1.165, 1.54) is 12.1 Å². The number of benzene rings is 1. The van der Waals surface area contributed by atoms with Crippen molar-refractivity contribution >= 4 is 37.7 Å². The van der Waals surface area contributed by atoms with Gasteiger partial charge < -0.3 is 10.6 Å². The molecule has 1 aromatic carbocycles. The number of pyridine rings is 1. The first-order valence-electron chi connectivity index (χ1n) is 9.12. The molecule has 3 rings (SSSR count). The molecule has 2 atom stereocenters. The number of urea groups is 1. The monoisotopic (exact) mass is 466 g/mol. The maximum Gasteiger partial charge on any atom is 0.319 e. The van der Waals surface area contributed by atoms with Gasteiger partial charge in [-0.15, -0.1) is 0 Å². The van der Waals surface area contributed by atoms with Gasteiger partial charge in [-0.3, -0.25) is 4.98 Å². The summed E-state index contributed by atoms with van der Waals surface area (Å²) >= 11 is 3.57. The highest BCUT2D eigenvalue weighted by molar-refractivity contribution is 9.09. The standard InChI is InChI=1S/C19H23BrN4O3S/c20-15-4-1-5-17(11-15)24-28(26,27)18-8-6-16(7-9-18)23-19(25)22-13-14-3-2-10-21-12-14/h2-3,6-10,12,15,17,24H,1,4-5,11,13H2,(H2,22,23,25). The molecule has 1 aliphatic carbocycles. The fourth-order valence-electron chi connectivity index (χ4n) is 3.10. The highest BCUT2D eigenvalue weighted by atomic mass is 79.9. The lowest BCUT2D eigenvalue weighted by atomic mass is 9.96. The third kappa shape index (κ3) is 6.02. The van der Waals surface area contributed by atoms with Gasteiger partial charge in [-0.2, -0.15) is 0 Å². The molecule has 150 valence electrons. The zero-order chi connectivity index (χ0) is 20.0. The number of amides is 2. The number of carbonyl (C=O) groups is 1. The van der Waals surface area contributed by atoms with E-state index in [0.717, 1.165) is 31.2 Å². The van der Waals surface area contributed by atoms with Crippen LogP contribution in [0, 0.1) is 0 Å². The van der Waals surface area contributed by atoms with Gasteiger partial charge in [0.05, 0.1) is 4.90 Å². The SMILES string of the molecule is O=C(NCc1cccnc1)Nc1ccc(S(=O)(=O)NC2CCCC(Br)C2)cc1. The van der Waals surface area contributed by atoms with Gasteiger partial charge in [0, 0.05) is 35.5 Å². The number of nitrogens with zero attached hydrogens (tertiary/aromatic N) is 1. The Balaban J connectivity index is 1.54. The van der Waals surface area contributed by atoms with Crippen molar-refractivity contribution in [3.05, 3.63) is 54.4 Å². The molecule has 2 unspecified atom stereocenters. The number of anilines is 1. The minimum atomic E-state index is -3.58. The van der Waals surface area contributed by atoms with E-state index in [1.54, 1.807) is 30.6 Å². The van der Waals surface area contributed by atoms with E-state index in [-0.39, 0.29) is 17.0 Å². The number of carbonyl (C=O) groups excluding carboxylic acids is 1. The van der Waals surface area contributed by atoms with Gasteiger partial charge in [0.15, 0.2) is 0 Å². The van der Waals surface area contributed by atoms with Gasteiger partial charge in [-0.1, -0.05) is 28.4 Å². The molecule has 1 aliphatic rings. The molecule has 0 saturated heterocycles. The molecule has 1 saturated carbocycles. The van der Waals surface area contributed by atoms with Crippen molar-refractivity contribution < 1.29 is 13.2 Å². The molecule has 7 nitrogen and oxygen atoms in total. The van der Waals surface area contributed by atoms with Crippen LogP contribution in [0.3, 0.4) is 0 Å². The van der Waals surface area contributed by atoms with Crippen molar-refractivity contribution in [1.29, 1.82) is 0 Å². The van der Waals surface area contributed by atoms with E-state index < -0.39 is 10.0 Å². The van der Waals surface area contributed by atoms with Crippen LogP contribution in [-0.4, -0.2) is 30.3 Å². The van der Waals surface area contributed by atoms with Crippen LogP contribution < -0.4 is 15.4 Å². The number of hydrogen-bond acceptors (Lipinski definition) is 4. The molecule has 28 heavy (non-hydrogen) atoms. The Morgan fingerprint density at radius 2 is 1.96 bits per heavy atom. The summed E-state index contributed by atoms with van der Waals surface area (Å²) in [6.45, 7) is 0.353. The third-order valence-electron chi connectivity index (χ3n) is 4.53. The summed E-state index contributed by atoms with van der Waals surface area (Å²) in [5.74, 6) is 0. The number of hydrogen-bond donors (Lipinski definition) is 3. The number of aromatic nitrogens is 1. The van der Waals surface area contributed by atoms with Crippen LogP contribution in [0.25, 0.3) is 0 Å². The first-order chi connectivity index (χ1) is 13.4. The maximum absolute atomic E-state index is 12.6. The van der Waals surface area contributed by atoms with E-state index >= 15 is 0 Å². The lowest BCUT2D eigenvalue weighted by Crippen LogP contribution is -2.38. The predicted octanol–water partition coefficient (Wildman–Crippen LogP) is 3.39. The topological polar surface area (TPSA) is 100 Å². The van der Waals surface area contributed by atoms with Crippen molar-refractivity contribution in [2.75, 3.05) is 5.32 Å². The van der Waals surface area contributed by atoms with Crippen molar-refractivity contribution in [2.24, 2.45) is 0 Å². The molecule has 1 fully saturated rings. The van der Waals surface area contributed by atoms with Crippen LogP contribution in [0.2, 0.25) is 0 Å². The largest absolute Gasteiger partial charge is 0.334 e. The molecule has 2 amide bonds. The van der Waals surface area contributed by atoms with Crippen molar-refractivity contribution in [3.63, 3.8) is 0 Å². The Morgan fingerprint density at radius 1 is 1.18 bits per heavy atom. The normalized spacial score (nSPS) is 19.8. The minimum Gasteiger partial charge on any atom is -0.334 e. The average Bonchev–Trinajstić information content (AvgIpc) is 2.67. The second-order valence-corrected chi connectivity index (χ2v) is 9.78. The first kappa shape index (κ1) is 20.8. The zero-order valence-corrected chi connectivity index (χ0v) is 17.7. The number of halogens is 1. The lowest BCUT2D eigenvalue weighted by Gasteiger charge is -2.26. The van der Waals surface area contributed by atoms with Crippen LogP contribution in [0.5, 0.6) is 0 Å². The van der Waals surface area contributed by atoms with E-state index in [9.17, 15) is 13.2 Å². The average molecular weight is 467 g/mol. The van der Waals surface area contributed by atoms with E-state index in [0.29, 0.717) is 17.1 Å². The van der Waals surface area contributed by atoms with Crippen molar-refractivity contribution in [3.8, 4) is 0 Å². The number of rotatable bonds is 6. The molecule has 0 spiro atoms. The molecule has 2 aromatic rings. The number of sulfonamides is 1. The maximum atomic E-state index is 12.6. The summed E-state index contributed by atoms with van der Waals surface area (Å²) in [7, 11) is -3.58. The van der Waals surface area contributed by atoms with Crippen LogP contribution in [0.15, 0.2) is 53.7 Å². The minimum absolute atomic E-state index is 0.0563. The molecule has 1 heterocycles. The van der Waals surface area contributed by atoms with Gasteiger partial charge in [-0.25, -0.2) is 17.9 Å². The molecule has 0 bridgehead atoms. The summed E-state index contributed by atoms with van der Waals surface area (Å²) in [4.78, 5) is 16.5. The van der Waals surface area contributed by atoms with Crippen LogP contribution in [0.1, 0.15) is 31.2 Å². The fourth-order valence-corrected chi connectivity index (χ4v) is 5.16. The molecule has 1 aromatic heterocycles. The van der Waals surface area contributed by atoms with Crippen molar-refractivity contribution in [2.45, 2.75) is 48.0 Å². The van der Waals surface area contributed by atoms with Gasteiger partial charge in [0.1, 0.15) is 0 Å². The molecule has 9 heteroatoms. The molecular weight excluding hydrogens is 444 g/mol. The van der Waals surface area contributed by atoms with Gasteiger partial charge >= 0.3 is 6.03 Å². The Morgan fingerprint density at radius 3 is 2.64 bits per heavy atom. The lowest BCUT2D eigenvalue weighted by molar-refractivity contribution is 0.251. The smallest absolute Gasteiger partial charge is 0.319 e.